The Bertz CT molecular complexity index is 2930. The number of pyridine rings is 1. The fourth-order valence-corrected chi connectivity index (χ4v) is 7.95. The second-order valence-electron chi connectivity index (χ2n) is 13.6. The molecule has 3 nitrogen and oxygen atoms in total. The number of benzene rings is 8. The lowest BCUT2D eigenvalue weighted by atomic mass is 9.84. The molecule has 252 valence electrons. The Balaban J connectivity index is 1.19. The summed E-state index contributed by atoms with van der Waals surface area (Å²) in [6.07, 6.45) is 3.67. The van der Waals surface area contributed by atoms with Gasteiger partial charge in [0.05, 0.1) is 11.4 Å². The summed E-state index contributed by atoms with van der Waals surface area (Å²) in [5.41, 5.74) is 11.8. The van der Waals surface area contributed by atoms with Gasteiger partial charge < -0.3 is 0 Å². The molecule has 54 heavy (non-hydrogen) atoms. The Morgan fingerprint density at radius 2 is 0.815 bits per heavy atom. The van der Waals surface area contributed by atoms with Crippen LogP contribution in [0, 0.1) is 0 Å². The molecule has 0 amide bonds. The maximum Gasteiger partial charge on any atom is 0.160 e. The fraction of sp³-hybridized carbons (Fsp3) is 0. The van der Waals surface area contributed by atoms with Crippen LogP contribution in [0.15, 0.2) is 200 Å². The quantitative estimate of drug-likeness (QED) is 0.163. The molecule has 2 heterocycles. The zero-order valence-corrected chi connectivity index (χ0v) is 29.4. The van der Waals surface area contributed by atoms with Gasteiger partial charge in [-0.1, -0.05) is 164 Å². The standard InChI is InChI=1S/C51H33N3/c1-2-15-36(16-3-1)47-33-48(41-22-7-6-20-39(41)35-28-30-52-31-29-35)54-51(53-47)38-19-12-18-37(32-38)49-43-23-8-10-25-45(43)50(46-26-11-9-24-44(46)49)42-27-13-17-34-14-4-5-21-40(34)42/h1-33H. The zero-order chi connectivity index (χ0) is 35.8. The van der Waals surface area contributed by atoms with Gasteiger partial charge in [-0.25, -0.2) is 9.97 Å². The highest BCUT2D eigenvalue weighted by Crippen LogP contribution is 2.45. The smallest absolute Gasteiger partial charge is 0.160 e. The number of nitrogens with zero attached hydrogens (tertiary/aromatic N) is 3. The van der Waals surface area contributed by atoms with Gasteiger partial charge in [0, 0.05) is 29.1 Å². The highest BCUT2D eigenvalue weighted by molar-refractivity contribution is 6.23. The Morgan fingerprint density at radius 3 is 1.56 bits per heavy atom. The van der Waals surface area contributed by atoms with Crippen molar-refractivity contribution in [3.8, 4) is 67.3 Å². The van der Waals surface area contributed by atoms with Crippen molar-refractivity contribution in [1.82, 2.24) is 15.0 Å². The summed E-state index contributed by atoms with van der Waals surface area (Å²) in [5.74, 6) is 0.679. The van der Waals surface area contributed by atoms with E-state index in [2.05, 4.69) is 175 Å². The second-order valence-corrected chi connectivity index (χ2v) is 13.6. The molecule has 8 aromatic carbocycles. The van der Waals surface area contributed by atoms with Crippen LogP contribution in [0.25, 0.3) is 99.6 Å². The Morgan fingerprint density at radius 1 is 0.296 bits per heavy atom. The van der Waals surface area contributed by atoms with E-state index in [1.54, 1.807) is 0 Å². The minimum Gasteiger partial charge on any atom is -0.265 e. The van der Waals surface area contributed by atoms with Crippen molar-refractivity contribution in [2.75, 3.05) is 0 Å². The van der Waals surface area contributed by atoms with Crippen molar-refractivity contribution < 1.29 is 0 Å². The number of rotatable bonds is 6. The molecule has 2 aromatic heterocycles. The van der Waals surface area contributed by atoms with Crippen molar-refractivity contribution >= 4 is 32.3 Å². The maximum absolute atomic E-state index is 5.30. The van der Waals surface area contributed by atoms with Crippen LogP contribution in [-0.4, -0.2) is 15.0 Å². The third-order valence-electron chi connectivity index (χ3n) is 10.4. The van der Waals surface area contributed by atoms with Gasteiger partial charge in [0.15, 0.2) is 5.82 Å². The Hall–Kier alpha value is -7.23. The van der Waals surface area contributed by atoms with Gasteiger partial charge in [-0.05, 0) is 90.0 Å². The molecule has 0 fully saturated rings. The van der Waals surface area contributed by atoms with Crippen molar-refractivity contribution in [2.24, 2.45) is 0 Å². The van der Waals surface area contributed by atoms with Crippen LogP contribution in [0.2, 0.25) is 0 Å². The van der Waals surface area contributed by atoms with Gasteiger partial charge in [-0.2, -0.15) is 0 Å². The van der Waals surface area contributed by atoms with E-state index in [0.717, 1.165) is 44.8 Å². The van der Waals surface area contributed by atoms with Crippen molar-refractivity contribution in [1.29, 1.82) is 0 Å². The Labute approximate surface area is 313 Å². The van der Waals surface area contributed by atoms with E-state index in [1.807, 2.05) is 30.6 Å². The summed E-state index contributed by atoms with van der Waals surface area (Å²) in [6.45, 7) is 0. The van der Waals surface area contributed by atoms with Gasteiger partial charge in [-0.3, -0.25) is 4.98 Å². The molecule has 0 N–H and O–H groups in total. The van der Waals surface area contributed by atoms with Crippen LogP contribution in [0.3, 0.4) is 0 Å². The van der Waals surface area contributed by atoms with E-state index in [0.29, 0.717) is 5.82 Å². The van der Waals surface area contributed by atoms with Gasteiger partial charge in [-0.15, -0.1) is 0 Å². The largest absolute Gasteiger partial charge is 0.265 e. The average Bonchev–Trinajstić information content (AvgIpc) is 3.26. The minimum atomic E-state index is 0.679. The first-order valence-corrected chi connectivity index (χ1v) is 18.3. The first kappa shape index (κ1) is 31.5. The average molecular weight is 688 g/mol. The molecule has 0 atom stereocenters. The molecule has 0 aliphatic carbocycles. The number of hydrogen-bond donors (Lipinski definition) is 0. The normalized spacial score (nSPS) is 11.3. The fourth-order valence-electron chi connectivity index (χ4n) is 7.95. The lowest BCUT2D eigenvalue weighted by Gasteiger charge is -2.19. The molecule has 0 aliphatic rings. The van der Waals surface area contributed by atoms with Crippen molar-refractivity contribution in [3.63, 3.8) is 0 Å². The SMILES string of the molecule is c1ccc(-c2cc(-c3ccccc3-c3ccncc3)nc(-c3cccc(-c4c5ccccc5c(-c5cccc6ccccc56)c5ccccc45)c3)n2)cc1. The van der Waals surface area contributed by atoms with E-state index < -0.39 is 0 Å². The summed E-state index contributed by atoms with van der Waals surface area (Å²) >= 11 is 0. The number of aromatic nitrogens is 3. The first-order valence-electron chi connectivity index (χ1n) is 18.3. The van der Waals surface area contributed by atoms with Gasteiger partial charge in [0.25, 0.3) is 0 Å². The molecule has 0 saturated heterocycles. The molecule has 0 radical (unpaired) electrons. The Kier molecular flexibility index (Phi) is 7.81. The van der Waals surface area contributed by atoms with Gasteiger partial charge in [0.1, 0.15) is 0 Å². The third-order valence-corrected chi connectivity index (χ3v) is 10.4. The molecule has 10 rings (SSSR count). The molecule has 0 unspecified atom stereocenters. The topological polar surface area (TPSA) is 38.7 Å². The molecule has 0 saturated carbocycles. The molecular weight excluding hydrogens is 655 g/mol. The third kappa shape index (κ3) is 5.51. The van der Waals surface area contributed by atoms with Crippen LogP contribution in [0.4, 0.5) is 0 Å². The molecule has 0 aliphatic heterocycles. The first-order chi connectivity index (χ1) is 26.8. The molecule has 0 spiro atoms. The second kappa shape index (κ2) is 13.4. The predicted octanol–water partition coefficient (Wildman–Crippen LogP) is 13.3. The van der Waals surface area contributed by atoms with Gasteiger partial charge >= 0.3 is 0 Å². The van der Waals surface area contributed by atoms with E-state index in [9.17, 15) is 0 Å². The molecular formula is C51H33N3. The number of fused-ring (bicyclic) bond motifs is 3. The number of hydrogen-bond acceptors (Lipinski definition) is 3. The van der Waals surface area contributed by atoms with E-state index in [1.165, 1.54) is 49.0 Å². The van der Waals surface area contributed by atoms with E-state index in [4.69, 9.17) is 9.97 Å². The summed E-state index contributed by atoms with van der Waals surface area (Å²) in [7, 11) is 0. The summed E-state index contributed by atoms with van der Waals surface area (Å²) in [5, 5.41) is 7.36. The van der Waals surface area contributed by atoms with Crippen LogP contribution >= 0.6 is 0 Å². The summed E-state index contributed by atoms with van der Waals surface area (Å²) < 4.78 is 0. The zero-order valence-electron chi connectivity index (χ0n) is 29.4. The van der Waals surface area contributed by atoms with Crippen LogP contribution < -0.4 is 0 Å². The van der Waals surface area contributed by atoms with Crippen LogP contribution in [-0.2, 0) is 0 Å². The lowest BCUT2D eigenvalue weighted by molar-refractivity contribution is 1.18. The van der Waals surface area contributed by atoms with E-state index >= 15 is 0 Å². The highest BCUT2D eigenvalue weighted by atomic mass is 14.9. The van der Waals surface area contributed by atoms with Crippen LogP contribution in [0.1, 0.15) is 0 Å². The highest BCUT2D eigenvalue weighted by Gasteiger charge is 2.19. The summed E-state index contributed by atoms with van der Waals surface area (Å²) in [4.78, 5) is 14.8. The van der Waals surface area contributed by atoms with Gasteiger partial charge in [0.2, 0.25) is 0 Å². The minimum absolute atomic E-state index is 0.679. The molecule has 3 heteroatoms. The van der Waals surface area contributed by atoms with E-state index in [-0.39, 0.29) is 0 Å². The predicted molar refractivity (Wildman–Crippen MR) is 225 cm³/mol. The van der Waals surface area contributed by atoms with Crippen LogP contribution in [0.5, 0.6) is 0 Å². The van der Waals surface area contributed by atoms with Crippen molar-refractivity contribution in [2.45, 2.75) is 0 Å². The lowest BCUT2D eigenvalue weighted by Crippen LogP contribution is -1.97. The maximum atomic E-state index is 5.30. The molecule has 0 bridgehead atoms. The summed E-state index contributed by atoms with van der Waals surface area (Å²) in [6, 6.07) is 66.7. The van der Waals surface area contributed by atoms with Crippen molar-refractivity contribution in [3.05, 3.63) is 200 Å². The molecule has 10 aromatic rings. The monoisotopic (exact) mass is 687 g/mol.